The van der Waals surface area contributed by atoms with Gasteiger partial charge in [0.05, 0.1) is 6.10 Å². The van der Waals surface area contributed by atoms with Gasteiger partial charge in [-0.3, -0.25) is 4.90 Å². The van der Waals surface area contributed by atoms with Crippen LogP contribution in [0.3, 0.4) is 0 Å². The van der Waals surface area contributed by atoms with Gasteiger partial charge in [0.25, 0.3) is 0 Å². The summed E-state index contributed by atoms with van der Waals surface area (Å²) in [6.45, 7) is 5.78. The van der Waals surface area contributed by atoms with Crippen molar-refractivity contribution >= 4 is 0 Å². The first-order valence-electron chi connectivity index (χ1n) is 7.35. The van der Waals surface area contributed by atoms with Crippen molar-refractivity contribution in [2.75, 3.05) is 13.1 Å². The van der Waals surface area contributed by atoms with E-state index in [9.17, 15) is 18.3 Å². The van der Waals surface area contributed by atoms with Gasteiger partial charge in [0.2, 0.25) is 0 Å². The third-order valence-corrected chi connectivity index (χ3v) is 4.42. The molecule has 1 rings (SSSR count). The Hall–Kier alpha value is -0.290. The Kier molecular flexibility index (Phi) is 6.12. The molecular formula is C14H26F3NO. The number of alkyl halides is 3. The molecule has 0 heterocycles. The van der Waals surface area contributed by atoms with Crippen LogP contribution in [0.15, 0.2) is 0 Å². The van der Waals surface area contributed by atoms with E-state index in [1.54, 1.807) is 0 Å². The lowest BCUT2D eigenvalue weighted by atomic mass is 9.85. The normalized spacial score (nSPS) is 21.0. The number of halogens is 3. The van der Waals surface area contributed by atoms with E-state index in [0.29, 0.717) is 0 Å². The maximum Gasteiger partial charge on any atom is 0.389 e. The molecule has 0 aromatic heterocycles. The first-order chi connectivity index (χ1) is 8.85. The van der Waals surface area contributed by atoms with Crippen LogP contribution < -0.4 is 0 Å². The van der Waals surface area contributed by atoms with Crippen LogP contribution in [0, 0.1) is 0 Å². The third-order valence-electron chi connectivity index (χ3n) is 4.42. The Balaban J connectivity index is 2.60. The number of hydrogen-bond acceptors (Lipinski definition) is 2. The molecule has 0 saturated heterocycles. The standard InChI is InChI=1S/C14H26F3NO/c1-3-18(4-2)13(9-5-6-10-13)12(19)8-7-11-14(15,16)17/h12,19H,3-11H2,1-2H3. The fourth-order valence-corrected chi connectivity index (χ4v) is 3.47. The van der Waals surface area contributed by atoms with Gasteiger partial charge in [-0.25, -0.2) is 0 Å². The summed E-state index contributed by atoms with van der Waals surface area (Å²) in [6, 6.07) is 0. The molecule has 0 amide bonds. The Labute approximate surface area is 114 Å². The highest BCUT2D eigenvalue weighted by atomic mass is 19.4. The zero-order chi connectivity index (χ0) is 14.5. The van der Waals surface area contributed by atoms with Crippen LogP contribution >= 0.6 is 0 Å². The zero-order valence-electron chi connectivity index (χ0n) is 12.0. The summed E-state index contributed by atoms with van der Waals surface area (Å²) in [6.07, 6.45) is -1.35. The quantitative estimate of drug-likeness (QED) is 0.768. The molecule has 1 N–H and O–H groups in total. The van der Waals surface area contributed by atoms with Gasteiger partial charge < -0.3 is 5.11 Å². The molecule has 5 heteroatoms. The van der Waals surface area contributed by atoms with Gasteiger partial charge in [0.1, 0.15) is 0 Å². The number of likely N-dealkylation sites (N-methyl/N-ethyl adjacent to an activating group) is 1. The van der Waals surface area contributed by atoms with Crippen LogP contribution in [0.5, 0.6) is 0 Å². The average Bonchev–Trinajstić information content (AvgIpc) is 2.79. The van der Waals surface area contributed by atoms with Crippen molar-refractivity contribution in [2.45, 2.75) is 76.6 Å². The molecule has 1 saturated carbocycles. The van der Waals surface area contributed by atoms with E-state index in [-0.39, 0.29) is 18.4 Å². The van der Waals surface area contributed by atoms with E-state index < -0.39 is 18.7 Å². The van der Waals surface area contributed by atoms with Crippen molar-refractivity contribution < 1.29 is 18.3 Å². The van der Waals surface area contributed by atoms with Crippen LogP contribution in [-0.4, -0.2) is 40.9 Å². The second kappa shape index (κ2) is 6.93. The van der Waals surface area contributed by atoms with Crippen LogP contribution in [0.4, 0.5) is 13.2 Å². The fourth-order valence-electron chi connectivity index (χ4n) is 3.47. The lowest BCUT2D eigenvalue weighted by Gasteiger charge is -2.44. The van der Waals surface area contributed by atoms with Gasteiger partial charge in [-0.2, -0.15) is 13.2 Å². The molecule has 1 aliphatic rings. The highest BCUT2D eigenvalue weighted by Crippen LogP contribution is 2.40. The molecular weight excluding hydrogens is 255 g/mol. The van der Waals surface area contributed by atoms with Crippen molar-refractivity contribution in [2.24, 2.45) is 0 Å². The average molecular weight is 281 g/mol. The van der Waals surface area contributed by atoms with E-state index in [2.05, 4.69) is 4.90 Å². The molecule has 0 radical (unpaired) electrons. The molecule has 2 nitrogen and oxygen atoms in total. The van der Waals surface area contributed by atoms with E-state index in [1.807, 2.05) is 13.8 Å². The minimum Gasteiger partial charge on any atom is -0.391 e. The smallest absolute Gasteiger partial charge is 0.389 e. The third kappa shape index (κ3) is 4.35. The van der Waals surface area contributed by atoms with E-state index >= 15 is 0 Å². The fraction of sp³-hybridized carbons (Fsp3) is 1.00. The first kappa shape index (κ1) is 16.8. The van der Waals surface area contributed by atoms with E-state index in [4.69, 9.17) is 0 Å². The monoisotopic (exact) mass is 281 g/mol. The number of hydrogen-bond donors (Lipinski definition) is 1. The van der Waals surface area contributed by atoms with Crippen molar-refractivity contribution in [3.8, 4) is 0 Å². The molecule has 1 fully saturated rings. The summed E-state index contributed by atoms with van der Waals surface area (Å²) < 4.78 is 36.5. The highest BCUT2D eigenvalue weighted by Gasteiger charge is 2.44. The number of rotatable bonds is 7. The van der Waals surface area contributed by atoms with Gasteiger partial charge in [-0.15, -0.1) is 0 Å². The molecule has 1 atom stereocenters. The molecule has 1 unspecified atom stereocenters. The second-order valence-corrected chi connectivity index (χ2v) is 5.51. The molecule has 114 valence electrons. The maximum absolute atomic E-state index is 12.2. The summed E-state index contributed by atoms with van der Waals surface area (Å²) in [5.41, 5.74) is -0.283. The summed E-state index contributed by atoms with van der Waals surface area (Å²) in [4.78, 5) is 2.23. The molecule has 0 spiro atoms. The summed E-state index contributed by atoms with van der Waals surface area (Å²) >= 11 is 0. The van der Waals surface area contributed by atoms with Crippen molar-refractivity contribution in [3.05, 3.63) is 0 Å². The molecule has 0 aliphatic heterocycles. The topological polar surface area (TPSA) is 23.5 Å². The summed E-state index contributed by atoms with van der Waals surface area (Å²) in [7, 11) is 0. The Bertz CT molecular complexity index is 258. The summed E-state index contributed by atoms with van der Waals surface area (Å²) in [5.74, 6) is 0. The van der Waals surface area contributed by atoms with Crippen LogP contribution in [0.2, 0.25) is 0 Å². The minimum absolute atomic E-state index is 0.0215. The predicted molar refractivity (Wildman–Crippen MR) is 70.0 cm³/mol. The molecule has 0 aromatic rings. The molecule has 0 aromatic carbocycles. The van der Waals surface area contributed by atoms with Gasteiger partial charge >= 0.3 is 6.18 Å². The van der Waals surface area contributed by atoms with Crippen LogP contribution in [-0.2, 0) is 0 Å². The minimum atomic E-state index is -4.11. The lowest BCUT2D eigenvalue weighted by Crippen LogP contribution is -2.54. The first-order valence-corrected chi connectivity index (χ1v) is 7.35. The van der Waals surface area contributed by atoms with Gasteiger partial charge in [-0.1, -0.05) is 26.7 Å². The molecule has 0 bridgehead atoms. The van der Waals surface area contributed by atoms with Crippen LogP contribution in [0.1, 0.15) is 58.8 Å². The van der Waals surface area contributed by atoms with Gasteiger partial charge in [0, 0.05) is 12.0 Å². The van der Waals surface area contributed by atoms with Crippen LogP contribution in [0.25, 0.3) is 0 Å². The molecule has 19 heavy (non-hydrogen) atoms. The van der Waals surface area contributed by atoms with Crippen molar-refractivity contribution in [1.82, 2.24) is 4.90 Å². The highest BCUT2D eigenvalue weighted by molar-refractivity contribution is 4.99. The second-order valence-electron chi connectivity index (χ2n) is 5.51. The van der Waals surface area contributed by atoms with Crippen molar-refractivity contribution in [1.29, 1.82) is 0 Å². The Morgan fingerprint density at radius 1 is 1.16 bits per heavy atom. The van der Waals surface area contributed by atoms with Gasteiger partial charge in [0.15, 0.2) is 0 Å². The van der Waals surface area contributed by atoms with E-state index in [0.717, 1.165) is 38.8 Å². The zero-order valence-corrected chi connectivity index (χ0v) is 12.0. The Morgan fingerprint density at radius 2 is 1.68 bits per heavy atom. The van der Waals surface area contributed by atoms with E-state index in [1.165, 1.54) is 0 Å². The summed E-state index contributed by atoms with van der Waals surface area (Å²) in [5, 5.41) is 10.4. The largest absolute Gasteiger partial charge is 0.391 e. The Morgan fingerprint density at radius 3 is 2.11 bits per heavy atom. The number of aliphatic hydroxyl groups excluding tert-OH is 1. The predicted octanol–water partition coefficient (Wildman–Crippen LogP) is 3.73. The lowest BCUT2D eigenvalue weighted by molar-refractivity contribution is -0.138. The molecule has 1 aliphatic carbocycles. The SMILES string of the molecule is CCN(CC)C1(C(O)CCCC(F)(F)F)CCCC1. The number of nitrogens with zero attached hydrogens (tertiary/aromatic N) is 1. The number of aliphatic hydroxyl groups is 1. The maximum atomic E-state index is 12.2. The van der Waals surface area contributed by atoms with Gasteiger partial charge in [-0.05, 0) is 38.8 Å². The van der Waals surface area contributed by atoms with Crippen molar-refractivity contribution in [3.63, 3.8) is 0 Å².